The van der Waals surface area contributed by atoms with Crippen molar-refractivity contribution in [3.8, 4) is 0 Å². The van der Waals surface area contributed by atoms with Crippen molar-refractivity contribution in [3.05, 3.63) is 35.4 Å². The highest BCUT2D eigenvalue weighted by atomic mass is 127. The summed E-state index contributed by atoms with van der Waals surface area (Å²) in [6.07, 6.45) is -3.66. The zero-order valence-corrected chi connectivity index (χ0v) is 14.9. The molecule has 1 rings (SSSR count). The van der Waals surface area contributed by atoms with Crippen LogP contribution < -0.4 is 0 Å². The van der Waals surface area contributed by atoms with Gasteiger partial charge >= 0.3 is 6.18 Å². The summed E-state index contributed by atoms with van der Waals surface area (Å²) >= 11 is 0. The van der Waals surface area contributed by atoms with Crippen molar-refractivity contribution < 1.29 is 13.2 Å². The number of rotatable bonds is 3. The van der Waals surface area contributed by atoms with E-state index in [1.165, 1.54) is 12.1 Å². The Morgan fingerprint density at radius 1 is 1.00 bits per heavy atom. The van der Waals surface area contributed by atoms with E-state index in [1.807, 2.05) is 38.0 Å². The van der Waals surface area contributed by atoms with Crippen LogP contribution in [0.5, 0.6) is 0 Å². The molecule has 0 aliphatic heterocycles. The van der Waals surface area contributed by atoms with Crippen molar-refractivity contribution in [1.82, 2.24) is 9.80 Å². The highest BCUT2D eigenvalue weighted by Crippen LogP contribution is 2.29. The number of nitrogens with zero attached hydrogens (tertiary/aromatic N) is 3. The Hall–Kier alpha value is -0.990. The second-order valence-electron chi connectivity index (χ2n) is 4.92. The molecule has 0 radical (unpaired) electrons. The van der Waals surface area contributed by atoms with Crippen molar-refractivity contribution >= 4 is 29.9 Å². The smallest absolute Gasteiger partial charge is 0.349 e. The van der Waals surface area contributed by atoms with Gasteiger partial charge in [0.05, 0.1) is 5.56 Å². The second-order valence-corrected chi connectivity index (χ2v) is 4.92. The largest absolute Gasteiger partial charge is 0.416 e. The van der Waals surface area contributed by atoms with Crippen LogP contribution in [0.1, 0.15) is 11.1 Å². The molecule has 0 saturated carbocycles. The Kier molecular flexibility index (Phi) is 8.05. The summed E-state index contributed by atoms with van der Waals surface area (Å²) in [6.45, 7) is 0.539. The first-order valence-corrected chi connectivity index (χ1v) is 6.27. The molecular formula is C14H21F3IN3. The van der Waals surface area contributed by atoms with Gasteiger partial charge in [-0.25, -0.2) is 0 Å². The number of alkyl halides is 3. The summed E-state index contributed by atoms with van der Waals surface area (Å²) in [6, 6.07) is 5.22. The van der Waals surface area contributed by atoms with Gasteiger partial charge in [-0.1, -0.05) is 12.1 Å². The highest BCUT2D eigenvalue weighted by Gasteiger charge is 2.29. The molecule has 0 aliphatic rings. The molecule has 0 N–H and O–H groups in total. The first kappa shape index (κ1) is 20.0. The first-order valence-electron chi connectivity index (χ1n) is 6.27. The normalized spacial score (nSPS) is 10.6. The van der Waals surface area contributed by atoms with Crippen LogP contribution in [0.15, 0.2) is 29.3 Å². The summed E-state index contributed by atoms with van der Waals surface area (Å²) in [5, 5.41) is 0. The fourth-order valence-electron chi connectivity index (χ4n) is 1.83. The quantitative estimate of drug-likeness (QED) is 0.429. The van der Waals surface area contributed by atoms with Crippen LogP contribution in [0.3, 0.4) is 0 Å². The third-order valence-electron chi connectivity index (χ3n) is 2.73. The van der Waals surface area contributed by atoms with Crippen molar-refractivity contribution in [2.24, 2.45) is 4.99 Å². The molecule has 21 heavy (non-hydrogen) atoms. The lowest BCUT2D eigenvalue weighted by Crippen LogP contribution is -2.35. The number of halogens is 4. The maximum atomic E-state index is 12.4. The average Bonchev–Trinajstić information content (AvgIpc) is 2.33. The van der Waals surface area contributed by atoms with Gasteiger partial charge in [-0.2, -0.15) is 13.2 Å². The van der Waals surface area contributed by atoms with Gasteiger partial charge in [0.1, 0.15) is 0 Å². The Morgan fingerprint density at radius 3 is 1.86 bits per heavy atom. The average molecular weight is 415 g/mol. The Morgan fingerprint density at radius 2 is 1.48 bits per heavy atom. The van der Waals surface area contributed by atoms with Crippen LogP contribution in [-0.4, -0.2) is 50.5 Å². The SMILES string of the molecule is CN(C)C(=NCCc1ccc(C(F)(F)F)cc1)N(C)C.I. The lowest BCUT2D eigenvalue weighted by Gasteiger charge is -2.22. The van der Waals surface area contributed by atoms with Crippen molar-refractivity contribution in [2.75, 3.05) is 34.7 Å². The zero-order valence-electron chi connectivity index (χ0n) is 12.6. The second kappa shape index (κ2) is 8.45. The van der Waals surface area contributed by atoms with E-state index in [1.54, 1.807) is 0 Å². The molecular weight excluding hydrogens is 394 g/mol. The molecule has 1 aromatic carbocycles. The van der Waals surface area contributed by atoms with Gasteiger partial charge in [-0.3, -0.25) is 4.99 Å². The molecule has 0 amide bonds. The zero-order chi connectivity index (χ0) is 15.3. The van der Waals surface area contributed by atoms with E-state index in [2.05, 4.69) is 4.99 Å². The number of hydrogen-bond donors (Lipinski definition) is 0. The molecule has 0 aromatic heterocycles. The first-order chi connectivity index (χ1) is 9.21. The van der Waals surface area contributed by atoms with Crippen LogP contribution in [-0.2, 0) is 12.6 Å². The topological polar surface area (TPSA) is 18.8 Å². The molecule has 0 aliphatic carbocycles. The van der Waals surface area contributed by atoms with Gasteiger partial charge in [0.2, 0.25) is 0 Å². The van der Waals surface area contributed by atoms with Crippen molar-refractivity contribution in [1.29, 1.82) is 0 Å². The molecule has 0 saturated heterocycles. The maximum absolute atomic E-state index is 12.4. The Balaban J connectivity index is 0.00000400. The fourth-order valence-corrected chi connectivity index (χ4v) is 1.83. The molecule has 0 fully saturated rings. The molecule has 7 heteroatoms. The minimum Gasteiger partial charge on any atom is -0.349 e. The number of benzene rings is 1. The monoisotopic (exact) mass is 415 g/mol. The molecule has 0 spiro atoms. The standard InChI is InChI=1S/C14H20F3N3.HI/c1-19(2)13(20(3)4)18-10-9-11-5-7-12(8-6-11)14(15,16)17;/h5-8H,9-10H2,1-4H3;1H. The third-order valence-corrected chi connectivity index (χ3v) is 2.73. The molecule has 120 valence electrons. The number of guanidine groups is 1. The molecule has 0 heterocycles. The van der Waals surface area contributed by atoms with Gasteiger partial charge in [0, 0.05) is 34.7 Å². The van der Waals surface area contributed by atoms with Gasteiger partial charge in [0.15, 0.2) is 5.96 Å². The van der Waals surface area contributed by atoms with Crippen LogP contribution in [0.2, 0.25) is 0 Å². The van der Waals surface area contributed by atoms with Crippen LogP contribution in [0.25, 0.3) is 0 Å². The maximum Gasteiger partial charge on any atom is 0.416 e. The lowest BCUT2D eigenvalue weighted by molar-refractivity contribution is -0.137. The van der Waals surface area contributed by atoms with E-state index < -0.39 is 11.7 Å². The van der Waals surface area contributed by atoms with Gasteiger partial charge in [-0.15, -0.1) is 24.0 Å². The van der Waals surface area contributed by atoms with E-state index in [0.29, 0.717) is 13.0 Å². The van der Waals surface area contributed by atoms with Gasteiger partial charge < -0.3 is 9.80 Å². The van der Waals surface area contributed by atoms with Gasteiger partial charge in [0.25, 0.3) is 0 Å². The third kappa shape index (κ3) is 6.54. The summed E-state index contributed by atoms with van der Waals surface area (Å²) in [5.74, 6) is 0.830. The molecule has 0 bridgehead atoms. The van der Waals surface area contributed by atoms with E-state index in [9.17, 15) is 13.2 Å². The summed E-state index contributed by atoms with van der Waals surface area (Å²) in [7, 11) is 7.60. The predicted molar refractivity (Wildman–Crippen MR) is 90.2 cm³/mol. The van der Waals surface area contributed by atoms with Crippen LogP contribution in [0, 0.1) is 0 Å². The predicted octanol–water partition coefficient (Wildman–Crippen LogP) is 3.35. The summed E-state index contributed by atoms with van der Waals surface area (Å²) < 4.78 is 37.3. The Labute approximate surface area is 140 Å². The van der Waals surface area contributed by atoms with E-state index in [0.717, 1.165) is 23.7 Å². The molecule has 0 unspecified atom stereocenters. The van der Waals surface area contributed by atoms with Crippen LogP contribution >= 0.6 is 24.0 Å². The molecule has 1 aromatic rings. The highest BCUT2D eigenvalue weighted by molar-refractivity contribution is 14.0. The molecule has 0 atom stereocenters. The van der Waals surface area contributed by atoms with E-state index >= 15 is 0 Å². The summed E-state index contributed by atoms with van der Waals surface area (Å²) in [5.41, 5.74) is 0.227. The van der Waals surface area contributed by atoms with Crippen molar-refractivity contribution in [3.63, 3.8) is 0 Å². The number of aliphatic imine (C=N–C) groups is 1. The fraction of sp³-hybridized carbons (Fsp3) is 0.500. The summed E-state index contributed by atoms with van der Waals surface area (Å²) in [4.78, 5) is 8.23. The van der Waals surface area contributed by atoms with Crippen molar-refractivity contribution in [2.45, 2.75) is 12.6 Å². The molecule has 3 nitrogen and oxygen atoms in total. The number of hydrogen-bond acceptors (Lipinski definition) is 1. The lowest BCUT2D eigenvalue weighted by atomic mass is 10.1. The Bertz CT molecular complexity index is 444. The minimum atomic E-state index is -4.28. The minimum absolute atomic E-state index is 0. The van der Waals surface area contributed by atoms with E-state index in [4.69, 9.17) is 0 Å². The van der Waals surface area contributed by atoms with Crippen LogP contribution in [0.4, 0.5) is 13.2 Å². The van der Waals surface area contributed by atoms with E-state index in [-0.39, 0.29) is 24.0 Å². The van der Waals surface area contributed by atoms with Gasteiger partial charge in [-0.05, 0) is 24.1 Å².